The summed E-state index contributed by atoms with van der Waals surface area (Å²) in [6, 6.07) is 11.6. The van der Waals surface area contributed by atoms with E-state index < -0.39 is 34.8 Å². The molecule has 0 saturated carbocycles. The van der Waals surface area contributed by atoms with Crippen LogP contribution in [0.1, 0.15) is 64.2 Å². The molecule has 0 atom stereocenters. The molecule has 0 unspecified atom stereocenters. The van der Waals surface area contributed by atoms with Gasteiger partial charge in [0.2, 0.25) is 0 Å². The average Bonchev–Trinajstić information content (AvgIpc) is 2.86. The zero-order valence-electron chi connectivity index (χ0n) is 24.1. The fourth-order valence-corrected chi connectivity index (χ4v) is 4.22. The van der Waals surface area contributed by atoms with Gasteiger partial charge in [0.15, 0.2) is 5.79 Å². The number of halogens is 3. The molecule has 1 aliphatic heterocycles. The zero-order chi connectivity index (χ0) is 29.6. The summed E-state index contributed by atoms with van der Waals surface area (Å²) in [5.74, 6) is -0.304. The van der Waals surface area contributed by atoms with Crippen molar-refractivity contribution < 1.29 is 41.7 Å². The van der Waals surface area contributed by atoms with Crippen LogP contribution in [0.3, 0.4) is 0 Å². The van der Waals surface area contributed by atoms with Crippen LogP contribution in [0.4, 0.5) is 18.0 Å². The second kappa shape index (κ2) is 12.7. The molecule has 0 bridgehead atoms. The Balaban J connectivity index is 1.67. The van der Waals surface area contributed by atoms with Crippen molar-refractivity contribution in [2.75, 3.05) is 26.9 Å². The van der Waals surface area contributed by atoms with E-state index in [2.05, 4.69) is 5.32 Å². The first-order chi connectivity index (χ1) is 18.6. The van der Waals surface area contributed by atoms with E-state index in [9.17, 15) is 18.0 Å². The molecule has 2 aromatic rings. The van der Waals surface area contributed by atoms with Gasteiger partial charge in [0.1, 0.15) is 17.1 Å². The number of aryl methyl sites for hydroxylation is 2. The maximum atomic E-state index is 14.0. The highest BCUT2D eigenvalue weighted by atomic mass is 19.4. The second-order valence-corrected chi connectivity index (χ2v) is 11.5. The first-order valence-electron chi connectivity index (χ1n) is 13.3. The summed E-state index contributed by atoms with van der Waals surface area (Å²) >= 11 is 0. The number of alkyl carbamates (subject to hydrolysis) is 1. The maximum absolute atomic E-state index is 14.0. The lowest BCUT2D eigenvalue weighted by molar-refractivity contribution is -0.271. The third-order valence-corrected chi connectivity index (χ3v) is 6.43. The van der Waals surface area contributed by atoms with E-state index in [0.717, 1.165) is 17.4 Å². The Bertz CT molecular complexity index is 1120. The van der Waals surface area contributed by atoms with Gasteiger partial charge < -0.3 is 29.0 Å². The van der Waals surface area contributed by atoms with Gasteiger partial charge >= 0.3 is 12.3 Å². The molecule has 1 heterocycles. The van der Waals surface area contributed by atoms with Crippen molar-refractivity contribution in [1.82, 2.24) is 5.32 Å². The number of alkyl halides is 3. The average molecular weight is 568 g/mol. The summed E-state index contributed by atoms with van der Waals surface area (Å²) in [5, 5.41) is 2.84. The van der Waals surface area contributed by atoms with Gasteiger partial charge in [-0.05, 0) is 95.7 Å². The largest absolute Gasteiger partial charge is 0.497 e. The van der Waals surface area contributed by atoms with Gasteiger partial charge in [-0.1, -0.05) is 18.2 Å². The molecule has 0 spiro atoms. The van der Waals surface area contributed by atoms with Crippen molar-refractivity contribution in [1.29, 1.82) is 0 Å². The Hall–Kier alpha value is -2.98. The summed E-state index contributed by atoms with van der Waals surface area (Å²) in [6.07, 6.45) is -3.49. The molecule has 1 amide bonds. The van der Waals surface area contributed by atoms with Crippen molar-refractivity contribution in [3.8, 4) is 11.5 Å². The fourth-order valence-electron chi connectivity index (χ4n) is 4.22. The third kappa shape index (κ3) is 9.59. The minimum atomic E-state index is -4.59. The highest BCUT2D eigenvalue weighted by Crippen LogP contribution is 2.38. The van der Waals surface area contributed by atoms with E-state index in [1.54, 1.807) is 47.8 Å². The summed E-state index contributed by atoms with van der Waals surface area (Å²) in [6.45, 7) is 9.15. The van der Waals surface area contributed by atoms with E-state index in [1.165, 1.54) is 6.07 Å². The molecule has 1 N–H and O–H groups in total. The zero-order valence-corrected chi connectivity index (χ0v) is 24.1. The SMILES string of the molecule is COc1ccc(CCCOc2ccc(CCC3(NC(=O)OC(C)(C)C)COC(C)(C)OC3)cc2C(F)(F)F)cc1. The van der Waals surface area contributed by atoms with Gasteiger partial charge in [0.05, 0.1) is 38.0 Å². The predicted octanol–water partition coefficient (Wildman–Crippen LogP) is 6.70. The monoisotopic (exact) mass is 567 g/mol. The van der Waals surface area contributed by atoms with Crippen LogP contribution in [0, 0.1) is 0 Å². The number of hydrogen-bond donors (Lipinski definition) is 1. The Morgan fingerprint density at radius 1 is 0.975 bits per heavy atom. The van der Waals surface area contributed by atoms with Crippen molar-refractivity contribution in [3.05, 3.63) is 59.2 Å². The van der Waals surface area contributed by atoms with Crippen LogP contribution in [0.5, 0.6) is 11.5 Å². The van der Waals surface area contributed by atoms with Crippen molar-refractivity contribution >= 4 is 6.09 Å². The number of benzene rings is 2. The number of ether oxygens (including phenoxy) is 5. The molecule has 222 valence electrons. The van der Waals surface area contributed by atoms with Crippen molar-refractivity contribution in [3.63, 3.8) is 0 Å². The summed E-state index contributed by atoms with van der Waals surface area (Å²) < 4.78 is 69.6. The molecule has 2 aromatic carbocycles. The third-order valence-electron chi connectivity index (χ3n) is 6.43. The lowest BCUT2D eigenvalue weighted by atomic mass is 9.91. The topological polar surface area (TPSA) is 75.3 Å². The van der Waals surface area contributed by atoms with Gasteiger partial charge in [-0.2, -0.15) is 13.2 Å². The Labute approximate surface area is 234 Å². The van der Waals surface area contributed by atoms with E-state index in [1.807, 2.05) is 24.3 Å². The summed E-state index contributed by atoms with van der Waals surface area (Å²) in [4.78, 5) is 12.6. The van der Waals surface area contributed by atoms with Crippen molar-refractivity contribution in [2.45, 2.75) is 83.4 Å². The Morgan fingerprint density at radius 2 is 1.60 bits per heavy atom. The van der Waals surface area contributed by atoms with Crippen molar-refractivity contribution in [2.24, 2.45) is 0 Å². The van der Waals surface area contributed by atoms with Gasteiger partial charge in [0.25, 0.3) is 0 Å². The first-order valence-corrected chi connectivity index (χ1v) is 13.3. The van der Waals surface area contributed by atoms with Crippen LogP contribution in [-0.2, 0) is 33.2 Å². The smallest absolute Gasteiger partial charge is 0.419 e. The Morgan fingerprint density at radius 3 is 2.17 bits per heavy atom. The molecule has 1 aliphatic rings. The fraction of sp³-hybridized carbons (Fsp3) is 0.567. The molecular formula is C30H40F3NO6. The number of hydrogen-bond acceptors (Lipinski definition) is 6. The van der Waals surface area contributed by atoms with Crippen LogP contribution in [-0.4, -0.2) is 50.0 Å². The van der Waals surface area contributed by atoms with Crippen LogP contribution < -0.4 is 14.8 Å². The summed E-state index contributed by atoms with van der Waals surface area (Å²) in [5.41, 5.74) is -1.02. The predicted molar refractivity (Wildman–Crippen MR) is 145 cm³/mol. The van der Waals surface area contributed by atoms with Gasteiger partial charge in [-0.3, -0.25) is 0 Å². The molecule has 0 aromatic heterocycles. The lowest BCUT2D eigenvalue weighted by Crippen LogP contribution is -2.61. The highest BCUT2D eigenvalue weighted by Gasteiger charge is 2.42. The molecule has 40 heavy (non-hydrogen) atoms. The number of nitrogens with one attached hydrogen (secondary N) is 1. The van der Waals surface area contributed by atoms with E-state index in [0.29, 0.717) is 18.4 Å². The normalized spacial score (nSPS) is 16.7. The number of carbonyl (C=O) groups is 1. The molecule has 0 aliphatic carbocycles. The summed E-state index contributed by atoms with van der Waals surface area (Å²) in [7, 11) is 1.59. The number of rotatable bonds is 10. The maximum Gasteiger partial charge on any atom is 0.419 e. The molecule has 3 rings (SSSR count). The number of carbonyl (C=O) groups excluding carboxylic acids is 1. The standard InChI is InChI=1S/C30H40F3NO6/c1-27(2,3)40-26(35)34-29(19-38-28(4,5)39-20-29)16-15-22-11-14-25(24(18-22)30(31,32)33)37-17-7-8-21-9-12-23(36-6)13-10-21/h9-14,18H,7-8,15-17,19-20H2,1-6H3,(H,34,35). The molecule has 1 saturated heterocycles. The van der Waals surface area contributed by atoms with Gasteiger partial charge in [-0.15, -0.1) is 0 Å². The lowest BCUT2D eigenvalue weighted by Gasteiger charge is -2.44. The molecule has 0 radical (unpaired) electrons. The van der Waals surface area contributed by atoms with E-state index in [4.69, 9.17) is 23.7 Å². The molecule has 7 nitrogen and oxygen atoms in total. The molecule has 10 heteroatoms. The number of amides is 1. The minimum Gasteiger partial charge on any atom is -0.497 e. The second-order valence-electron chi connectivity index (χ2n) is 11.5. The first kappa shape index (κ1) is 31.5. The van der Waals surface area contributed by atoms with Crippen LogP contribution >= 0.6 is 0 Å². The van der Waals surface area contributed by atoms with Crippen LogP contribution in [0.2, 0.25) is 0 Å². The highest BCUT2D eigenvalue weighted by molar-refractivity contribution is 5.69. The molecule has 1 fully saturated rings. The Kier molecular flexibility index (Phi) is 10.0. The minimum absolute atomic E-state index is 0.126. The van der Waals surface area contributed by atoms with Crippen LogP contribution in [0.25, 0.3) is 0 Å². The number of methoxy groups -OCH3 is 1. The van der Waals surface area contributed by atoms with Gasteiger partial charge in [-0.25, -0.2) is 4.79 Å². The van der Waals surface area contributed by atoms with E-state index in [-0.39, 0.29) is 38.4 Å². The van der Waals surface area contributed by atoms with Crippen LogP contribution in [0.15, 0.2) is 42.5 Å². The molecular weight excluding hydrogens is 527 g/mol. The quantitative estimate of drug-likeness (QED) is 0.322. The van der Waals surface area contributed by atoms with E-state index >= 15 is 0 Å². The van der Waals surface area contributed by atoms with Gasteiger partial charge in [0, 0.05) is 0 Å².